The molecule has 0 aliphatic heterocycles. The van der Waals surface area contributed by atoms with Crippen molar-refractivity contribution in [1.82, 2.24) is 9.97 Å². The van der Waals surface area contributed by atoms with Crippen molar-refractivity contribution >= 4 is 16.7 Å². The SMILES string of the molecule is CC1CCC(C)CC1.CCCCCOCc1ccccc1.Cc1nc(N(C)C)c2ccccc2n1. The fraction of sp³-hybridized carbons (Fsp3) is 0.548. The van der Waals surface area contributed by atoms with Crippen LogP contribution in [0.2, 0.25) is 0 Å². The van der Waals surface area contributed by atoms with E-state index < -0.39 is 0 Å². The highest BCUT2D eigenvalue weighted by molar-refractivity contribution is 5.89. The van der Waals surface area contributed by atoms with E-state index in [1.807, 2.05) is 68.4 Å². The van der Waals surface area contributed by atoms with Gasteiger partial charge >= 0.3 is 0 Å². The Morgan fingerprint density at radius 1 is 0.829 bits per heavy atom. The van der Waals surface area contributed by atoms with Gasteiger partial charge in [-0.2, -0.15) is 0 Å². The standard InChI is InChI=1S/C12H18O.C11H13N3.C8H16/c1-2-3-7-10-13-11-12-8-5-4-6-9-12;1-8-12-10-7-5-4-6-9(10)11(13-8)14(2)3;1-7-3-5-8(2)6-4-7/h4-6,8-9H,2-3,7,10-11H2,1H3;4-7H,1-3H3;7-8H,3-6H2,1-2H3. The zero-order chi connectivity index (χ0) is 25.5. The maximum absolute atomic E-state index is 5.52. The number of rotatable bonds is 7. The van der Waals surface area contributed by atoms with Gasteiger partial charge in [0.05, 0.1) is 12.1 Å². The average molecular weight is 478 g/mol. The molecule has 0 saturated heterocycles. The smallest absolute Gasteiger partial charge is 0.139 e. The maximum atomic E-state index is 5.52. The number of aromatic nitrogens is 2. The molecule has 35 heavy (non-hydrogen) atoms. The van der Waals surface area contributed by atoms with Crippen LogP contribution in [0.1, 0.15) is 77.1 Å². The molecule has 0 radical (unpaired) electrons. The number of hydrogen-bond donors (Lipinski definition) is 0. The van der Waals surface area contributed by atoms with Crippen LogP contribution in [-0.2, 0) is 11.3 Å². The molecule has 1 aliphatic carbocycles. The van der Waals surface area contributed by atoms with Crippen LogP contribution in [0.4, 0.5) is 5.82 Å². The third-order valence-electron chi connectivity index (χ3n) is 6.43. The lowest BCUT2D eigenvalue weighted by atomic mass is 9.84. The van der Waals surface area contributed by atoms with Crippen LogP contribution >= 0.6 is 0 Å². The van der Waals surface area contributed by atoms with E-state index >= 15 is 0 Å². The minimum Gasteiger partial charge on any atom is -0.377 e. The molecule has 0 atom stereocenters. The lowest BCUT2D eigenvalue weighted by Crippen LogP contribution is -2.12. The number of fused-ring (bicyclic) bond motifs is 1. The molecule has 192 valence electrons. The number of para-hydroxylation sites is 1. The summed E-state index contributed by atoms with van der Waals surface area (Å²) in [6.07, 6.45) is 9.61. The van der Waals surface area contributed by atoms with E-state index in [9.17, 15) is 0 Å². The first kappa shape index (κ1) is 28.8. The third kappa shape index (κ3) is 11.2. The van der Waals surface area contributed by atoms with Crippen LogP contribution in [0, 0.1) is 18.8 Å². The summed E-state index contributed by atoms with van der Waals surface area (Å²) >= 11 is 0. The molecule has 0 N–H and O–H groups in total. The van der Waals surface area contributed by atoms with E-state index in [0.29, 0.717) is 0 Å². The van der Waals surface area contributed by atoms with Crippen molar-refractivity contribution in [1.29, 1.82) is 0 Å². The molecule has 1 saturated carbocycles. The molecular formula is C31H47N3O. The fourth-order valence-electron chi connectivity index (χ4n) is 4.16. The summed E-state index contributed by atoms with van der Waals surface area (Å²) in [7, 11) is 3.99. The second-order valence-electron chi connectivity index (χ2n) is 10.1. The Morgan fingerprint density at radius 2 is 1.43 bits per heavy atom. The van der Waals surface area contributed by atoms with Gasteiger partial charge < -0.3 is 9.64 Å². The van der Waals surface area contributed by atoms with Gasteiger partial charge in [0.1, 0.15) is 11.6 Å². The van der Waals surface area contributed by atoms with Crippen molar-refractivity contribution in [2.75, 3.05) is 25.6 Å². The van der Waals surface area contributed by atoms with Crippen molar-refractivity contribution < 1.29 is 4.74 Å². The lowest BCUT2D eigenvalue weighted by molar-refractivity contribution is 0.117. The summed E-state index contributed by atoms with van der Waals surface area (Å²) in [4.78, 5) is 10.8. The number of unbranched alkanes of at least 4 members (excludes halogenated alkanes) is 2. The molecule has 4 heteroatoms. The zero-order valence-electron chi connectivity index (χ0n) is 23.0. The van der Waals surface area contributed by atoms with Crippen LogP contribution < -0.4 is 4.90 Å². The Bertz CT molecular complexity index is 940. The largest absolute Gasteiger partial charge is 0.377 e. The number of hydrogen-bond acceptors (Lipinski definition) is 4. The Balaban J connectivity index is 0.000000192. The maximum Gasteiger partial charge on any atom is 0.139 e. The van der Waals surface area contributed by atoms with E-state index in [4.69, 9.17) is 4.74 Å². The second kappa shape index (κ2) is 16.3. The molecule has 4 nitrogen and oxygen atoms in total. The normalized spacial score (nSPS) is 17.1. The van der Waals surface area contributed by atoms with E-state index in [1.165, 1.54) is 50.5 Å². The summed E-state index contributed by atoms with van der Waals surface area (Å²) in [6.45, 7) is 10.5. The van der Waals surface area contributed by atoms with Crippen molar-refractivity contribution in [2.45, 2.75) is 79.2 Å². The summed E-state index contributed by atoms with van der Waals surface area (Å²) in [5.74, 6) is 3.83. The van der Waals surface area contributed by atoms with Gasteiger partial charge in [-0.05, 0) is 42.9 Å². The van der Waals surface area contributed by atoms with Crippen LogP contribution in [-0.4, -0.2) is 30.7 Å². The minimum atomic E-state index is 0.755. The summed E-state index contributed by atoms with van der Waals surface area (Å²) in [6, 6.07) is 18.4. The molecule has 3 aromatic rings. The van der Waals surface area contributed by atoms with Gasteiger partial charge in [0.15, 0.2) is 0 Å². The van der Waals surface area contributed by atoms with Gasteiger partial charge in [-0.15, -0.1) is 0 Å². The number of nitrogens with zero attached hydrogens (tertiary/aromatic N) is 3. The monoisotopic (exact) mass is 477 g/mol. The highest BCUT2D eigenvalue weighted by Crippen LogP contribution is 2.27. The number of benzene rings is 2. The fourth-order valence-corrected chi connectivity index (χ4v) is 4.16. The van der Waals surface area contributed by atoms with Gasteiger partial charge in [-0.3, -0.25) is 0 Å². The van der Waals surface area contributed by atoms with Crippen molar-refractivity contribution in [3.63, 3.8) is 0 Å². The van der Waals surface area contributed by atoms with Crippen LogP contribution in [0.15, 0.2) is 54.6 Å². The Hall–Kier alpha value is -2.46. The molecule has 0 unspecified atom stereocenters. The zero-order valence-corrected chi connectivity index (χ0v) is 23.0. The lowest BCUT2D eigenvalue weighted by Gasteiger charge is -2.22. The van der Waals surface area contributed by atoms with Crippen molar-refractivity contribution in [3.8, 4) is 0 Å². The van der Waals surface area contributed by atoms with Gasteiger partial charge in [-0.25, -0.2) is 9.97 Å². The molecule has 0 spiro atoms. The van der Waals surface area contributed by atoms with E-state index in [1.54, 1.807) is 0 Å². The first-order valence-corrected chi connectivity index (χ1v) is 13.4. The number of anilines is 1. The van der Waals surface area contributed by atoms with Crippen LogP contribution in [0.3, 0.4) is 0 Å². The van der Waals surface area contributed by atoms with E-state index in [2.05, 4.69) is 42.9 Å². The molecule has 1 aromatic heterocycles. The minimum absolute atomic E-state index is 0.755. The van der Waals surface area contributed by atoms with Crippen LogP contribution in [0.5, 0.6) is 0 Å². The average Bonchev–Trinajstić information content (AvgIpc) is 2.86. The molecule has 1 fully saturated rings. The Morgan fingerprint density at radius 3 is 2.03 bits per heavy atom. The summed E-state index contributed by atoms with van der Waals surface area (Å²) in [5.41, 5.74) is 2.27. The molecule has 2 aromatic carbocycles. The number of aryl methyl sites for hydroxylation is 1. The molecular weight excluding hydrogens is 430 g/mol. The first-order chi connectivity index (χ1) is 16.9. The van der Waals surface area contributed by atoms with Crippen molar-refractivity contribution in [3.05, 3.63) is 66.0 Å². The molecule has 1 aliphatic rings. The van der Waals surface area contributed by atoms with E-state index in [-0.39, 0.29) is 0 Å². The molecule has 4 rings (SSSR count). The van der Waals surface area contributed by atoms with E-state index in [0.717, 1.165) is 47.6 Å². The Kier molecular flexibility index (Phi) is 13.4. The van der Waals surface area contributed by atoms with Gasteiger partial charge in [-0.1, -0.05) is 102 Å². The highest BCUT2D eigenvalue weighted by atomic mass is 16.5. The number of ether oxygens (including phenoxy) is 1. The second-order valence-corrected chi connectivity index (χ2v) is 10.1. The predicted octanol–water partition coefficient (Wildman–Crippen LogP) is 8.23. The van der Waals surface area contributed by atoms with Gasteiger partial charge in [0.25, 0.3) is 0 Å². The molecule has 0 bridgehead atoms. The quantitative estimate of drug-likeness (QED) is 0.321. The summed E-state index contributed by atoms with van der Waals surface area (Å²) < 4.78 is 5.52. The van der Waals surface area contributed by atoms with Crippen LogP contribution in [0.25, 0.3) is 10.9 Å². The third-order valence-corrected chi connectivity index (χ3v) is 6.43. The predicted molar refractivity (Wildman–Crippen MR) is 151 cm³/mol. The van der Waals surface area contributed by atoms with Gasteiger partial charge in [0.2, 0.25) is 0 Å². The highest BCUT2D eigenvalue weighted by Gasteiger charge is 2.13. The van der Waals surface area contributed by atoms with Gasteiger partial charge in [0, 0.05) is 26.1 Å². The van der Waals surface area contributed by atoms with Crippen molar-refractivity contribution in [2.24, 2.45) is 11.8 Å². The molecule has 1 heterocycles. The Labute approximate surface area is 214 Å². The topological polar surface area (TPSA) is 38.2 Å². The first-order valence-electron chi connectivity index (χ1n) is 13.4. The summed E-state index contributed by atoms with van der Waals surface area (Å²) in [5, 5.41) is 1.10. The molecule has 0 amide bonds.